The summed E-state index contributed by atoms with van der Waals surface area (Å²) in [6, 6.07) is 8.47. The number of nitrogens with zero attached hydrogens (tertiary/aromatic N) is 1. The van der Waals surface area contributed by atoms with Gasteiger partial charge in [-0.05, 0) is 25.0 Å². The highest BCUT2D eigenvalue weighted by Crippen LogP contribution is 2.18. The Bertz CT molecular complexity index is 554. The Hall–Kier alpha value is -1.91. The van der Waals surface area contributed by atoms with Gasteiger partial charge < -0.3 is 9.47 Å². The van der Waals surface area contributed by atoms with Crippen molar-refractivity contribution in [3.8, 4) is 0 Å². The van der Waals surface area contributed by atoms with Crippen molar-refractivity contribution in [2.24, 2.45) is 0 Å². The molecule has 124 valence electrons. The van der Waals surface area contributed by atoms with E-state index in [1.54, 1.807) is 13.0 Å². The number of carbonyl (C=O) groups excluding carboxylic acids is 1. The van der Waals surface area contributed by atoms with Crippen LogP contribution in [0.2, 0.25) is 0 Å². The number of morpholine rings is 1. The first-order valence-electron chi connectivity index (χ1n) is 8.10. The number of esters is 1. The van der Waals surface area contributed by atoms with Gasteiger partial charge in [-0.1, -0.05) is 42.0 Å². The fourth-order valence-electron chi connectivity index (χ4n) is 2.44. The van der Waals surface area contributed by atoms with Gasteiger partial charge in [-0.15, -0.1) is 0 Å². The van der Waals surface area contributed by atoms with E-state index in [1.807, 2.05) is 6.08 Å². The second kappa shape index (κ2) is 9.28. The molecule has 23 heavy (non-hydrogen) atoms. The maximum atomic E-state index is 11.4. The first kappa shape index (κ1) is 17.4. The predicted molar refractivity (Wildman–Crippen MR) is 92.2 cm³/mol. The number of ether oxygens (including phenoxy) is 2. The molecule has 0 spiro atoms. The van der Waals surface area contributed by atoms with Crippen LogP contribution in [0, 0.1) is 6.92 Å². The summed E-state index contributed by atoms with van der Waals surface area (Å²) >= 11 is 0. The lowest BCUT2D eigenvalue weighted by molar-refractivity contribution is -0.137. The summed E-state index contributed by atoms with van der Waals surface area (Å²) < 4.78 is 10.3. The molecule has 0 aromatic heterocycles. The van der Waals surface area contributed by atoms with Gasteiger partial charge in [0, 0.05) is 25.7 Å². The van der Waals surface area contributed by atoms with Crippen LogP contribution in [0.25, 0.3) is 5.57 Å². The van der Waals surface area contributed by atoms with Crippen molar-refractivity contribution >= 4 is 11.5 Å². The van der Waals surface area contributed by atoms with E-state index in [1.165, 1.54) is 22.8 Å². The molecular weight excluding hydrogens is 290 g/mol. The van der Waals surface area contributed by atoms with Crippen LogP contribution in [-0.2, 0) is 14.3 Å². The summed E-state index contributed by atoms with van der Waals surface area (Å²) in [7, 11) is 0. The molecule has 0 atom stereocenters. The molecule has 0 aliphatic carbocycles. The zero-order chi connectivity index (χ0) is 16.5. The topological polar surface area (TPSA) is 38.8 Å². The van der Waals surface area contributed by atoms with E-state index in [2.05, 4.69) is 36.1 Å². The highest BCUT2D eigenvalue weighted by atomic mass is 16.5. The van der Waals surface area contributed by atoms with E-state index >= 15 is 0 Å². The summed E-state index contributed by atoms with van der Waals surface area (Å²) in [6.45, 7) is 8.55. The molecular formula is C19H25NO3. The average molecular weight is 315 g/mol. The molecule has 0 N–H and O–H groups in total. The van der Waals surface area contributed by atoms with Crippen LogP contribution in [0.1, 0.15) is 18.1 Å². The number of rotatable bonds is 6. The quantitative estimate of drug-likeness (QED) is 0.460. The molecule has 1 aliphatic heterocycles. The first-order valence-corrected chi connectivity index (χ1v) is 8.10. The standard InChI is InChI=1S/C19H25NO3/c1-3-23-19(21)6-4-5-18(15-20-11-13-22-14-12-20)17-9-7-16(2)8-10-17/h4-10H,3,11-15H2,1-2H3/b6-4+,18-5-. The summed E-state index contributed by atoms with van der Waals surface area (Å²) in [5.74, 6) is -0.307. The molecule has 0 amide bonds. The van der Waals surface area contributed by atoms with E-state index < -0.39 is 0 Å². The fourth-order valence-corrected chi connectivity index (χ4v) is 2.44. The molecule has 0 saturated carbocycles. The van der Waals surface area contributed by atoms with Crippen LogP contribution in [0.5, 0.6) is 0 Å². The van der Waals surface area contributed by atoms with Crippen LogP contribution in [0.4, 0.5) is 0 Å². The molecule has 1 saturated heterocycles. The summed E-state index contributed by atoms with van der Waals surface area (Å²) in [4.78, 5) is 13.8. The van der Waals surface area contributed by atoms with Crippen molar-refractivity contribution in [2.75, 3.05) is 39.5 Å². The Labute approximate surface area is 138 Å². The molecule has 0 radical (unpaired) electrons. The molecule has 0 bridgehead atoms. The summed E-state index contributed by atoms with van der Waals surface area (Å²) in [5, 5.41) is 0. The van der Waals surface area contributed by atoms with E-state index in [9.17, 15) is 4.79 Å². The van der Waals surface area contributed by atoms with Crippen LogP contribution >= 0.6 is 0 Å². The Morgan fingerprint density at radius 2 is 1.96 bits per heavy atom. The zero-order valence-electron chi connectivity index (χ0n) is 14.0. The van der Waals surface area contributed by atoms with Crippen molar-refractivity contribution in [3.05, 3.63) is 53.6 Å². The van der Waals surface area contributed by atoms with E-state index in [4.69, 9.17) is 9.47 Å². The average Bonchev–Trinajstić information content (AvgIpc) is 2.56. The van der Waals surface area contributed by atoms with Crippen molar-refractivity contribution in [1.82, 2.24) is 4.90 Å². The van der Waals surface area contributed by atoms with E-state index in [0.29, 0.717) is 6.61 Å². The number of aryl methyl sites for hydroxylation is 1. The maximum Gasteiger partial charge on any atom is 0.330 e. The van der Waals surface area contributed by atoms with Crippen LogP contribution in [-0.4, -0.2) is 50.3 Å². The lowest BCUT2D eigenvalue weighted by Crippen LogP contribution is -2.37. The van der Waals surface area contributed by atoms with Gasteiger partial charge in [-0.3, -0.25) is 4.90 Å². The van der Waals surface area contributed by atoms with Gasteiger partial charge in [0.1, 0.15) is 0 Å². The van der Waals surface area contributed by atoms with Crippen LogP contribution in [0.3, 0.4) is 0 Å². The lowest BCUT2D eigenvalue weighted by Gasteiger charge is -2.27. The van der Waals surface area contributed by atoms with Crippen molar-refractivity contribution < 1.29 is 14.3 Å². The van der Waals surface area contributed by atoms with Gasteiger partial charge in [0.2, 0.25) is 0 Å². The van der Waals surface area contributed by atoms with Gasteiger partial charge in [-0.2, -0.15) is 0 Å². The summed E-state index contributed by atoms with van der Waals surface area (Å²) in [6.07, 6.45) is 5.24. The number of benzene rings is 1. The van der Waals surface area contributed by atoms with E-state index in [-0.39, 0.29) is 5.97 Å². The SMILES string of the molecule is CCOC(=O)/C=C/C=C(/CN1CCOCC1)c1ccc(C)cc1. The van der Waals surface area contributed by atoms with Crippen LogP contribution < -0.4 is 0 Å². The van der Waals surface area contributed by atoms with Gasteiger partial charge >= 0.3 is 5.97 Å². The Morgan fingerprint density at radius 3 is 2.61 bits per heavy atom. The largest absolute Gasteiger partial charge is 0.463 e. The second-order valence-electron chi connectivity index (χ2n) is 5.56. The first-order chi connectivity index (χ1) is 11.2. The Morgan fingerprint density at radius 1 is 1.26 bits per heavy atom. The smallest absolute Gasteiger partial charge is 0.330 e. The number of allylic oxidation sites excluding steroid dienone is 2. The van der Waals surface area contributed by atoms with Gasteiger partial charge in [0.15, 0.2) is 0 Å². The molecule has 1 aromatic rings. The summed E-state index contributed by atoms with van der Waals surface area (Å²) in [5.41, 5.74) is 3.60. The molecule has 1 fully saturated rings. The molecule has 0 unspecified atom stereocenters. The maximum absolute atomic E-state index is 11.4. The molecule has 1 aromatic carbocycles. The third kappa shape index (κ3) is 6.00. The predicted octanol–water partition coefficient (Wildman–Crippen LogP) is 2.83. The minimum atomic E-state index is -0.307. The fraction of sp³-hybridized carbons (Fsp3) is 0.421. The Kier molecular flexibility index (Phi) is 7.04. The van der Waals surface area contributed by atoms with Gasteiger partial charge in [-0.25, -0.2) is 4.79 Å². The second-order valence-corrected chi connectivity index (χ2v) is 5.56. The highest BCUT2D eigenvalue weighted by molar-refractivity contribution is 5.83. The molecule has 1 aliphatic rings. The van der Waals surface area contributed by atoms with Gasteiger partial charge in [0.25, 0.3) is 0 Å². The normalized spacial score (nSPS) is 16.7. The minimum absolute atomic E-state index is 0.307. The minimum Gasteiger partial charge on any atom is -0.463 e. The third-order valence-corrected chi connectivity index (χ3v) is 3.74. The number of hydrogen-bond acceptors (Lipinski definition) is 4. The third-order valence-electron chi connectivity index (χ3n) is 3.74. The molecule has 1 heterocycles. The van der Waals surface area contributed by atoms with Crippen molar-refractivity contribution in [1.29, 1.82) is 0 Å². The molecule has 4 nitrogen and oxygen atoms in total. The molecule has 4 heteroatoms. The zero-order valence-corrected chi connectivity index (χ0v) is 14.0. The van der Waals surface area contributed by atoms with E-state index in [0.717, 1.165) is 32.8 Å². The number of hydrogen-bond donors (Lipinski definition) is 0. The molecule has 2 rings (SSSR count). The van der Waals surface area contributed by atoms with Gasteiger partial charge in [0.05, 0.1) is 19.8 Å². The van der Waals surface area contributed by atoms with Crippen molar-refractivity contribution in [3.63, 3.8) is 0 Å². The Balaban J connectivity index is 2.12. The highest BCUT2D eigenvalue weighted by Gasteiger charge is 2.12. The lowest BCUT2D eigenvalue weighted by atomic mass is 10.0. The number of carbonyl (C=O) groups is 1. The van der Waals surface area contributed by atoms with Crippen LogP contribution in [0.15, 0.2) is 42.5 Å². The van der Waals surface area contributed by atoms with Crippen molar-refractivity contribution in [2.45, 2.75) is 13.8 Å². The monoisotopic (exact) mass is 315 g/mol.